The molecule has 6 heteroatoms. The quantitative estimate of drug-likeness (QED) is 0.605. The fourth-order valence-electron chi connectivity index (χ4n) is 4.15. The molecular weight excluding hydrogens is 395 g/mol. The molecule has 160 valence electrons. The van der Waals surface area contributed by atoms with Crippen LogP contribution in [0.3, 0.4) is 0 Å². The van der Waals surface area contributed by atoms with Crippen molar-refractivity contribution in [3.63, 3.8) is 0 Å². The fourth-order valence-corrected chi connectivity index (χ4v) is 4.15. The second kappa shape index (κ2) is 8.86. The molecule has 1 aromatic heterocycles. The number of aliphatic hydroxyl groups excluding tert-OH is 1. The van der Waals surface area contributed by atoms with Crippen LogP contribution in [0.25, 0.3) is 11.1 Å². The third-order valence-electron chi connectivity index (χ3n) is 6.02. The average Bonchev–Trinajstić information content (AvgIpc) is 2.80. The summed E-state index contributed by atoms with van der Waals surface area (Å²) in [5, 5.41) is 9.58. The van der Waals surface area contributed by atoms with E-state index in [2.05, 4.69) is 4.98 Å². The van der Waals surface area contributed by atoms with Gasteiger partial charge in [-0.1, -0.05) is 42.5 Å². The van der Waals surface area contributed by atoms with Gasteiger partial charge in [-0.05, 0) is 47.4 Å². The van der Waals surface area contributed by atoms with Gasteiger partial charge in [0.15, 0.2) is 0 Å². The molecule has 2 atom stereocenters. The molecule has 0 spiro atoms. The smallest absolute Gasteiger partial charge is 0.411 e. The molecule has 31 heavy (non-hydrogen) atoms. The first kappa shape index (κ1) is 21.0. The SMILES string of the molecule is CC(c1ccc(-c2cccnc2)cc1)N1CCC(CCO)(c2ccc(F)cc2)OC1=O. The van der Waals surface area contributed by atoms with Crippen molar-refractivity contribution in [2.24, 2.45) is 0 Å². The highest BCUT2D eigenvalue weighted by molar-refractivity contribution is 5.70. The monoisotopic (exact) mass is 420 g/mol. The van der Waals surface area contributed by atoms with Gasteiger partial charge in [0.2, 0.25) is 0 Å². The molecule has 1 aliphatic heterocycles. The number of carbonyl (C=O) groups excluding carboxylic acids is 1. The highest BCUT2D eigenvalue weighted by atomic mass is 19.1. The minimum Gasteiger partial charge on any atom is -0.438 e. The Labute approximate surface area is 181 Å². The van der Waals surface area contributed by atoms with Crippen LogP contribution in [-0.4, -0.2) is 34.2 Å². The van der Waals surface area contributed by atoms with Gasteiger partial charge in [0.1, 0.15) is 11.4 Å². The number of amides is 1. The number of ether oxygens (including phenoxy) is 1. The van der Waals surface area contributed by atoms with E-state index in [0.717, 1.165) is 16.7 Å². The Kier molecular flexibility index (Phi) is 6.00. The Morgan fingerprint density at radius 3 is 2.48 bits per heavy atom. The average molecular weight is 420 g/mol. The second-order valence-corrected chi connectivity index (χ2v) is 7.83. The summed E-state index contributed by atoms with van der Waals surface area (Å²) in [5.74, 6) is -0.352. The number of halogens is 1. The molecule has 1 saturated heterocycles. The maximum absolute atomic E-state index is 13.4. The molecular formula is C25H25FN2O3. The van der Waals surface area contributed by atoms with Crippen LogP contribution in [0.1, 0.15) is 36.9 Å². The van der Waals surface area contributed by atoms with E-state index in [1.54, 1.807) is 23.2 Å². The van der Waals surface area contributed by atoms with Gasteiger partial charge in [-0.3, -0.25) is 4.98 Å². The van der Waals surface area contributed by atoms with Crippen molar-refractivity contribution in [3.05, 3.63) is 90.0 Å². The Balaban J connectivity index is 1.51. The van der Waals surface area contributed by atoms with Gasteiger partial charge in [-0.2, -0.15) is 0 Å². The maximum Gasteiger partial charge on any atom is 0.411 e. The maximum atomic E-state index is 13.4. The van der Waals surface area contributed by atoms with Crippen molar-refractivity contribution in [1.82, 2.24) is 9.88 Å². The standard InChI is InChI=1S/C25H25FN2O3/c1-18(19-4-6-20(7-5-19)21-3-2-14-27-17-21)28-15-12-25(13-16-29,31-24(28)30)22-8-10-23(26)11-9-22/h2-11,14,17-18,29H,12-13,15-16H2,1H3. The number of pyridine rings is 1. The summed E-state index contributed by atoms with van der Waals surface area (Å²) in [6.07, 6.45) is 3.91. The molecule has 1 amide bonds. The Hall–Kier alpha value is -3.25. The molecule has 0 aliphatic carbocycles. The zero-order valence-electron chi connectivity index (χ0n) is 17.4. The summed E-state index contributed by atoms with van der Waals surface area (Å²) >= 11 is 0. The molecule has 2 heterocycles. The summed E-state index contributed by atoms with van der Waals surface area (Å²) in [7, 11) is 0. The Morgan fingerprint density at radius 2 is 1.87 bits per heavy atom. The lowest BCUT2D eigenvalue weighted by atomic mass is 9.85. The molecule has 2 unspecified atom stereocenters. The number of nitrogens with zero attached hydrogens (tertiary/aromatic N) is 2. The van der Waals surface area contributed by atoms with Crippen molar-refractivity contribution in [3.8, 4) is 11.1 Å². The third kappa shape index (κ3) is 4.30. The first-order valence-electron chi connectivity index (χ1n) is 10.4. The zero-order valence-corrected chi connectivity index (χ0v) is 17.4. The molecule has 1 N–H and O–H groups in total. The van der Waals surface area contributed by atoms with Crippen LogP contribution in [0.15, 0.2) is 73.1 Å². The number of rotatable bonds is 6. The number of hydrogen-bond donors (Lipinski definition) is 1. The van der Waals surface area contributed by atoms with Crippen molar-refractivity contribution >= 4 is 6.09 Å². The largest absolute Gasteiger partial charge is 0.438 e. The molecule has 5 nitrogen and oxygen atoms in total. The molecule has 2 aromatic carbocycles. The van der Waals surface area contributed by atoms with Crippen LogP contribution in [0, 0.1) is 5.82 Å². The molecule has 3 aromatic rings. The predicted octanol–water partition coefficient (Wildman–Crippen LogP) is 5.07. The summed E-state index contributed by atoms with van der Waals surface area (Å²) in [6, 6.07) is 17.7. The second-order valence-electron chi connectivity index (χ2n) is 7.83. The lowest BCUT2D eigenvalue weighted by molar-refractivity contribution is -0.0718. The van der Waals surface area contributed by atoms with Gasteiger partial charge in [-0.25, -0.2) is 9.18 Å². The minimum atomic E-state index is -0.945. The molecule has 0 saturated carbocycles. The van der Waals surface area contributed by atoms with Crippen molar-refractivity contribution in [1.29, 1.82) is 0 Å². The molecule has 0 bridgehead atoms. The highest BCUT2D eigenvalue weighted by Gasteiger charge is 2.43. The zero-order chi connectivity index (χ0) is 21.8. The number of aliphatic hydroxyl groups is 1. The van der Waals surface area contributed by atoms with Crippen LogP contribution in [0.4, 0.5) is 9.18 Å². The Bertz CT molecular complexity index is 1020. The van der Waals surface area contributed by atoms with Gasteiger partial charge in [0, 0.05) is 38.4 Å². The van der Waals surface area contributed by atoms with Crippen molar-refractivity contribution in [2.45, 2.75) is 31.4 Å². The highest BCUT2D eigenvalue weighted by Crippen LogP contribution is 2.39. The first-order chi connectivity index (χ1) is 15.0. The van der Waals surface area contributed by atoms with Crippen molar-refractivity contribution in [2.75, 3.05) is 13.2 Å². The topological polar surface area (TPSA) is 62.7 Å². The van der Waals surface area contributed by atoms with Gasteiger partial charge in [0.25, 0.3) is 0 Å². The number of benzene rings is 2. The van der Waals surface area contributed by atoms with E-state index in [-0.39, 0.29) is 24.9 Å². The normalized spacial score (nSPS) is 19.7. The van der Waals surface area contributed by atoms with E-state index in [4.69, 9.17) is 4.74 Å². The molecule has 0 radical (unpaired) electrons. The van der Waals surface area contributed by atoms with Gasteiger partial charge < -0.3 is 14.7 Å². The fraction of sp³-hybridized carbons (Fsp3) is 0.280. The van der Waals surface area contributed by atoms with Crippen LogP contribution >= 0.6 is 0 Å². The summed E-state index contributed by atoms with van der Waals surface area (Å²) in [6.45, 7) is 2.31. The van der Waals surface area contributed by atoms with E-state index in [9.17, 15) is 14.3 Å². The summed E-state index contributed by atoms with van der Waals surface area (Å²) < 4.78 is 19.2. The third-order valence-corrected chi connectivity index (χ3v) is 6.02. The predicted molar refractivity (Wildman–Crippen MR) is 116 cm³/mol. The van der Waals surface area contributed by atoms with Gasteiger partial charge >= 0.3 is 6.09 Å². The van der Waals surface area contributed by atoms with Crippen molar-refractivity contribution < 1.29 is 19.0 Å². The van der Waals surface area contributed by atoms with Gasteiger partial charge in [-0.15, -0.1) is 0 Å². The molecule has 4 rings (SSSR count). The van der Waals surface area contributed by atoms with E-state index in [0.29, 0.717) is 18.5 Å². The van der Waals surface area contributed by atoms with E-state index >= 15 is 0 Å². The number of carbonyl (C=O) groups is 1. The number of aromatic nitrogens is 1. The minimum absolute atomic E-state index is 0.129. The van der Waals surface area contributed by atoms with Crippen LogP contribution in [0.5, 0.6) is 0 Å². The summed E-state index contributed by atoms with van der Waals surface area (Å²) in [4.78, 5) is 18.8. The van der Waals surface area contributed by atoms with Crippen LogP contribution in [-0.2, 0) is 10.3 Å². The first-order valence-corrected chi connectivity index (χ1v) is 10.4. The molecule has 1 fully saturated rings. The van der Waals surface area contributed by atoms with Crippen LogP contribution < -0.4 is 0 Å². The summed E-state index contributed by atoms with van der Waals surface area (Å²) in [5.41, 5.74) is 2.85. The van der Waals surface area contributed by atoms with E-state index in [1.165, 1.54) is 12.1 Å². The lowest BCUT2D eigenvalue weighted by Gasteiger charge is -2.43. The molecule has 1 aliphatic rings. The Morgan fingerprint density at radius 1 is 1.13 bits per heavy atom. The van der Waals surface area contributed by atoms with E-state index in [1.807, 2.05) is 49.5 Å². The lowest BCUT2D eigenvalue weighted by Crippen LogP contribution is -2.49. The number of hydrogen-bond acceptors (Lipinski definition) is 4. The number of cyclic esters (lactones) is 1. The van der Waals surface area contributed by atoms with Gasteiger partial charge in [0.05, 0.1) is 6.04 Å². The van der Waals surface area contributed by atoms with Crippen LogP contribution in [0.2, 0.25) is 0 Å². The van der Waals surface area contributed by atoms with E-state index < -0.39 is 11.7 Å².